The van der Waals surface area contributed by atoms with Crippen LogP contribution in [0.25, 0.3) is 0 Å². The molecular weight excluding hydrogens is 228 g/mol. The lowest BCUT2D eigenvalue weighted by Gasteiger charge is -2.50. The molecular formula is C15H18O3. The van der Waals surface area contributed by atoms with Gasteiger partial charge in [0.25, 0.3) is 5.79 Å². The molecule has 1 spiro atoms. The molecule has 2 bridgehead atoms. The molecule has 2 aliphatic carbocycles. The summed E-state index contributed by atoms with van der Waals surface area (Å²) in [6.45, 7) is 0. The molecule has 2 fully saturated rings. The van der Waals surface area contributed by atoms with E-state index in [0.717, 1.165) is 37.2 Å². The van der Waals surface area contributed by atoms with Gasteiger partial charge in [-0.2, -0.15) is 0 Å². The Hall–Kier alpha value is -1.22. The second-order valence-corrected chi connectivity index (χ2v) is 5.75. The van der Waals surface area contributed by atoms with Crippen LogP contribution in [0.15, 0.2) is 24.3 Å². The van der Waals surface area contributed by atoms with Gasteiger partial charge in [-0.05, 0) is 37.8 Å². The van der Waals surface area contributed by atoms with Crippen molar-refractivity contribution in [2.24, 2.45) is 11.8 Å². The third-order valence-corrected chi connectivity index (χ3v) is 4.82. The molecule has 1 aliphatic heterocycles. The molecule has 1 heterocycles. The standard InChI is InChI=1S/C15H18O3/c16-12-9-8-10-4-3-5-11(12)15(10)17-13-6-1-2-7-14(13)18-15/h1-2,6-7,10-12,16H,3-5,8-9H2/t10-,11-,12+/m1/s1. The molecule has 1 aromatic rings. The Morgan fingerprint density at radius 2 is 1.72 bits per heavy atom. The lowest BCUT2D eigenvalue weighted by Crippen LogP contribution is -2.61. The minimum absolute atomic E-state index is 0.123. The number of benzene rings is 1. The fraction of sp³-hybridized carbons (Fsp3) is 0.600. The van der Waals surface area contributed by atoms with Gasteiger partial charge in [0.05, 0.1) is 12.0 Å². The average Bonchev–Trinajstić information content (AvgIpc) is 2.73. The van der Waals surface area contributed by atoms with E-state index in [1.165, 1.54) is 6.42 Å². The van der Waals surface area contributed by atoms with Gasteiger partial charge >= 0.3 is 0 Å². The molecule has 4 rings (SSSR count). The second kappa shape index (κ2) is 3.64. The minimum atomic E-state index is -0.584. The maximum Gasteiger partial charge on any atom is 0.259 e. The number of hydrogen-bond donors (Lipinski definition) is 1. The highest BCUT2D eigenvalue weighted by atomic mass is 16.7. The van der Waals surface area contributed by atoms with Gasteiger partial charge in [-0.1, -0.05) is 18.6 Å². The first-order valence-corrected chi connectivity index (χ1v) is 6.95. The quantitative estimate of drug-likeness (QED) is 0.765. The number of rotatable bonds is 0. The van der Waals surface area contributed by atoms with Crippen LogP contribution in [0, 0.1) is 11.8 Å². The molecule has 2 saturated carbocycles. The van der Waals surface area contributed by atoms with Crippen molar-refractivity contribution in [1.82, 2.24) is 0 Å². The normalized spacial score (nSPS) is 35.7. The maximum atomic E-state index is 10.3. The highest BCUT2D eigenvalue weighted by molar-refractivity contribution is 5.43. The lowest BCUT2D eigenvalue weighted by molar-refractivity contribution is -0.232. The summed E-state index contributed by atoms with van der Waals surface area (Å²) in [6.07, 6.45) is 4.95. The van der Waals surface area contributed by atoms with Crippen LogP contribution in [0.1, 0.15) is 32.1 Å². The summed E-state index contributed by atoms with van der Waals surface area (Å²) in [5.41, 5.74) is 0. The lowest BCUT2D eigenvalue weighted by atomic mass is 9.66. The molecule has 1 N–H and O–H groups in total. The first-order valence-electron chi connectivity index (χ1n) is 6.95. The van der Waals surface area contributed by atoms with E-state index < -0.39 is 5.79 Å². The number of fused-ring (bicyclic) bond motifs is 1. The third-order valence-electron chi connectivity index (χ3n) is 4.82. The number of aliphatic hydroxyl groups excluding tert-OH is 1. The van der Waals surface area contributed by atoms with Crippen LogP contribution in [0.4, 0.5) is 0 Å². The number of ether oxygens (including phenoxy) is 2. The van der Waals surface area contributed by atoms with Gasteiger partial charge in [0.2, 0.25) is 0 Å². The van der Waals surface area contributed by atoms with E-state index in [4.69, 9.17) is 9.47 Å². The molecule has 0 saturated heterocycles. The summed E-state index contributed by atoms with van der Waals surface area (Å²) in [5.74, 6) is 1.64. The van der Waals surface area contributed by atoms with E-state index in [-0.39, 0.29) is 12.0 Å². The van der Waals surface area contributed by atoms with Crippen molar-refractivity contribution in [3.8, 4) is 11.5 Å². The molecule has 0 radical (unpaired) electrons. The smallest absolute Gasteiger partial charge is 0.259 e. The summed E-state index contributed by atoms with van der Waals surface area (Å²) in [6, 6.07) is 7.86. The number of aliphatic hydroxyl groups is 1. The van der Waals surface area contributed by atoms with Crippen LogP contribution in [0.5, 0.6) is 11.5 Å². The van der Waals surface area contributed by atoms with Crippen LogP contribution in [-0.4, -0.2) is 17.0 Å². The molecule has 0 aromatic heterocycles. The van der Waals surface area contributed by atoms with E-state index in [1.54, 1.807) is 0 Å². The minimum Gasteiger partial charge on any atom is -0.448 e. The molecule has 0 amide bonds. The highest BCUT2D eigenvalue weighted by Gasteiger charge is 2.60. The Morgan fingerprint density at radius 3 is 2.44 bits per heavy atom. The van der Waals surface area contributed by atoms with Gasteiger partial charge in [0, 0.05) is 5.92 Å². The number of hydrogen-bond acceptors (Lipinski definition) is 3. The van der Waals surface area contributed by atoms with Crippen molar-refractivity contribution in [1.29, 1.82) is 0 Å². The molecule has 3 nitrogen and oxygen atoms in total. The van der Waals surface area contributed by atoms with E-state index in [1.807, 2.05) is 24.3 Å². The van der Waals surface area contributed by atoms with E-state index in [9.17, 15) is 5.11 Å². The fourth-order valence-corrected chi connectivity index (χ4v) is 3.97. The van der Waals surface area contributed by atoms with Gasteiger partial charge in [-0.25, -0.2) is 0 Å². The van der Waals surface area contributed by atoms with E-state index >= 15 is 0 Å². The van der Waals surface area contributed by atoms with Crippen LogP contribution < -0.4 is 9.47 Å². The molecule has 3 heteroatoms. The van der Waals surface area contributed by atoms with Gasteiger partial charge in [0.15, 0.2) is 11.5 Å². The predicted molar refractivity (Wildman–Crippen MR) is 66.5 cm³/mol. The molecule has 3 atom stereocenters. The van der Waals surface area contributed by atoms with Gasteiger partial charge in [-0.3, -0.25) is 0 Å². The summed E-state index contributed by atoms with van der Waals surface area (Å²) < 4.78 is 12.4. The Kier molecular flexibility index (Phi) is 2.16. The number of para-hydroxylation sites is 2. The summed E-state index contributed by atoms with van der Waals surface area (Å²) in [7, 11) is 0. The zero-order chi connectivity index (χ0) is 12.2. The van der Waals surface area contributed by atoms with Crippen LogP contribution >= 0.6 is 0 Å². The Bertz CT molecular complexity index is 446. The summed E-state index contributed by atoms with van der Waals surface area (Å²) >= 11 is 0. The van der Waals surface area contributed by atoms with Gasteiger partial charge in [-0.15, -0.1) is 0 Å². The first kappa shape index (κ1) is 10.7. The summed E-state index contributed by atoms with van der Waals surface area (Å²) in [5, 5.41) is 10.3. The van der Waals surface area contributed by atoms with E-state index in [2.05, 4.69) is 0 Å². The van der Waals surface area contributed by atoms with E-state index in [0.29, 0.717) is 5.92 Å². The fourth-order valence-electron chi connectivity index (χ4n) is 3.97. The first-order chi connectivity index (χ1) is 8.79. The summed E-state index contributed by atoms with van der Waals surface area (Å²) in [4.78, 5) is 0. The molecule has 1 aromatic carbocycles. The van der Waals surface area contributed by atoms with Gasteiger partial charge < -0.3 is 14.6 Å². The van der Waals surface area contributed by atoms with Crippen molar-refractivity contribution in [2.75, 3.05) is 0 Å². The monoisotopic (exact) mass is 246 g/mol. The second-order valence-electron chi connectivity index (χ2n) is 5.75. The molecule has 3 aliphatic rings. The Labute approximate surface area is 107 Å². The van der Waals surface area contributed by atoms with Crippen molar-refractivity contribution in [2.45, 2.75) is 44.0 Å². The van der Waals surface area contributed by atoms with Crippen LogP contribution in [0.3, 0.4) is 0 Å². The van der Waals surface area contributed by atoms with Crippen molar-refractivity contribution in [3.63, 3.8) is 0 Å². The van der Waals surface area contributed by atoms with Crippen molar-refractivity contribution in [3.05, 3.63) is 24.3 Å². The zero-order valence-electron chi connectivity index (χ0n) is 10.3. The molecule has 96 valence electrons. The van der Waals surface area contributed by atoms with Gasteiger partial charge in [0.1, 0.15) is 0 Å². The predicted octanol–water partition coefficient (Wildman–Crippen LogP) is 2.73. The maximum absolute atomic E-state index is 10.3. The topological polar surface area (TPSA) is 38.7 Å². The Balaban J connectivity index is 1.76. The SMILES string of the molecule is O[C@H]1CC[C@H]2CCC[C@H]1C21Oc2ccccc2O1. The molecule has 0 unspecified atom stereocenters. The largest absolute Gasteiger partial charge is 0.448 e. The van der Waals surface area contributed by atoms with Crippen molar-refractivity contribution < 1.29 is 14.6 Å². The van der Waals surface area contributed by atoms with Crippen LogP contribution in [-0.2, 0) is 0 Å². The third kappa shape index (κ3) is 1.28. The molecule has 18 heavy (non-hydrogen) atoms. The Morgan fingerprint density at radius 1 is 1.00 bits per heavy atom. The zero-order valence-corrected chi connectivity index (χ0v) is 10.3. The highest BCUT2D eigenvalue weighted by Crippen LogP contribution is 2.55. The van der Waals surface area contributed by atoms with Crippen molar-refractivity contribution >= 4 is 0 Å². The average molecular weight is 246 g/mol. The van der Waals surface area contributed by atoms with Crippen LogP contribution in [0.2, 0.25) is 0 Å².